The van der Waals surface area contributed by atoms with E-state index in [-0.39, 0.29) is 23.1 Å². The number of sulfonamides is 1. The van der Waals surface area contributed by atoms with Gasteiger partial charge >= 0.3 is 0 Å². The minimum atomic E-state index is -3.18. The van der Waals surface area contributed by atoms with E-state index in [0.29, 0.717) is 29.9 Å². The predicted octanol–water partition coefficient (Wildman–Crippen LogP) is 3.48. The van der Waals surface area contributed by atoms with Crippen LogP contribution in [0.4, 0.5) is 15.9 Å². The first-order valence-corrected chi connectivity index (χ1v) is 10.3. The van der Waals surface area contributed by atoms with Gasteiger partial charge in [0.05, 0.1) is 11.4 Å². The Labute approximate surface area is 157 Å². The van der Waals surface area contributed by atoms with Crippen LogP contribution in [0.25, 0.3) is 10.9 Å². The van der Waals surface area contributed by atoms with Gasteiger partial charge in [-0.25, -0.2) is 22.8 Å². The van der Waals surface area contributed by atoms with E-state index >= 15 is 0 Å². The topological polar surface area (TPSA) is 75.2 Å². The molecule has 0 aliphatic carbocycles. The number of halogens is 1. The minimum absolute atomic E-state index is 0.101. The van der Waals surface area contributed by atoms with Crippen molar-refractivity contribution in [1.82, 2.24) is 9.97 Å². The molecule has 27 heavy (non-hydrogen) atoms. The van der Waals surface area contributed by atoms with Gasteiger partial charge in [0.1, 0.15) is 23.5 Å². The average molecular weight is 386 g/mol. The summed E-state index contributed by atoms with van der Waals surface area (Å²) in [5.74, 6) is 0.365. The summed E-state index contributed by atoms with van der Waals surface area (Å²) in [6, 6.07) is 12.1. The summed E-state index contributed by atoms with van der Waals surface area (Å²) >= 11 is 0. The number of nitrogens with one attached hydrogen (secondary N) is 1. The summed E-state index contributed by atoms with van der Waals surface area (Å²) in [5.41, 5.74) is 1.92. The lowest BCUT2D eigenvalue weighted by Crippen LogP contribution is -2.25. The Balaban J connectivity index is 1.57. The number of rotatable bonds is 4. The molecule has 2 heterocycles. The van der Waals surface area contributed by atoms with Gasteiger partial charge in [-0.3, -0.25) is 4.31 Å². The molecule has 6 nitrogen and oxygen atoms in total. The van der Waals surface area contributed by atoms with Crippen LogP contribution in [0.5, 0.6) is 0 Å². The molecule has 0 amide bonds. The van der Waals surface area contributed by atoms with Crippen LogP contribution in [0.3, 0.4) is 0 Å². The smallest absolute Gasteiger partial charge is 0.235 e. The molecule has 4 rings (SSSR count). The zero-order valence-corrected chi connectivity index (χ0v) is 15.6. The highest BCUT2D eigenvalue weighted by Gasteiger charge is 2.28. The van der Waals surface area contributed by atoms with E-state index in [9.17, 15) is 12.8 Å². The van der Waals surface area contributed by atoms with Gasteiger partial charge in [-0.2, -0.15) is 0 Å². The first kappa shape index (κ1) is 17.7. The Bertz CT molecular complexity index is 1090. The summed E-state index contributed by atoms with van der Waals surface area (Å²) in [6.45, 7) is 2.49. The van der Waals surface area contributed by atoms with Gasteiger partial charge in [0.15, 0.2) is 0 Å². The fraction of sp³-hybridized carbons (Fsp3) is 0.263. The van der Waals surface area contributed by atoms with Crippen LogP contribution in [-0.2, 0) is 10.0 Å². The van der Waals surface area contributed by atoms with Crippen molar-refractivity contribution < 1.29 is 12.8 Å². The summed E-state index contributed by atoms with van der Waals surface area (Å²) in [5, 5.41) is 3.90. The molecule has 0 unspecified atom stereocenters. The van der Waals surface area contributed by atoms with Crippen LogP contribution in [0.15, 0.2) is 48.8 Å². The maximum atomic E-state index is 13.9. The van der Waals surface area contributed by atoms with Crippen molar-refractivity contribution in [3.8, 4) is 0 Å². The number of anilines is 2. The second kappa shape index (κ2) is 6.77. The average Bonchev–Trinajstić information content (AvgIpc) is 3.02. The first-order chi connectivity index (χ1) is 13.0. The third-order valence-corrected chi connectivity index (χ3v) is 6.62. The third kappa shape index (κ3) is 3.32. The van der Waals surface area contributed by atoms with Gasteiger partial charge in [-0.1, -0.05) is 18.2 Å². The van der Waals surface area contributed by atoms with Crippen molar-refractivity contribution in [3.05, 3.63) is 60.2 Å². The lowest BCUT2D eigenvalue weighted by atomic mass is 10.1. The molecule has 140 valence electrons. The highest BCUT2D eigenvalue weighted by molar-refractivity contribution is 7.93. The van der Waals surface area contributed by atoms with Gasteiger partial charge in [0.2, 0.25) is 10.0 Å². The van der Waals surface area contributed by atoms with Crippen molar-refractivity contribution in [1.29, 1.82) is 0 Å². The second-order valence-corrected chi connectivity index (χ2v) is 8.57. The first-order valence-electron chi connectivity index (χ1n) is 8.72. The SMILES string of the molecule is C[C@H](Nc1ncnc2c(F)cccc12)c1ccc(N2CCCS2(=O)=O)cc1. The van der Waals surface area contributed by atoms with Crippen LogP contribution in [0, 0.1) is 5.82 Å². The monoisotopic (exact) mass is 386 g/mol. The van der Waals surface area contributed by atoms with Crippen molar-refractivity contribution in [2.45, 2.75) is 19.4 Å². The molecular formula is C19H19FN4O2S. The van der Waals surface area contributed by atoms with E-state index in [4.69, 9.17) is 0 Å². The van der Waals surface area contributed by atoms with E-state index in [1.54, 1.807) is 12.1 Å². The molecule has 2 aromatic carbocycles. The lowest BCUT2D eigenvalue weighted by molar-refractivity contribution is 0.599. The summed E-state index contributed by atoms with van der Waals surface area (Å²) < 4.78 is 39.4. The van der Waals surface area contributed by atoms with Gasteiger partial charge in [0, 0.05) is 18.0 Å². The molecule has 3 aromatic rings. The molecule has 1 atom stereocenters. The fourth-order valence-electron chi connectivity index (χ4n) is 3.31. The Morgan fingerprint density at radius 3 is 2.63 bits per heavy atom. The Morgan fingerprint density at radius 2 is 1.93 bits per heavy atom. The van der Waals surface area contributed by atoms with E-state index in [2.05, 4.69) is 15.3 Å². The maximum absolute atomic E-state index is 13.9. The molecule has 0 radical (unpaired) electrons. The molecule has 0 saturated carbocycles. The van der Waals surface area contributed by atoms with Gasteiger partial charge in [-0.05, 0) is 43.2 Å². The van der Waals surface area contributed by atoms with E-state index < -0.39 is 10.0 Å². The summed E-state index contributed by atoms with van der Waals surface area (Å²) in [7, 11) is -3.18. The van der Waals surface area contributed by atoms with Crippen molar-refractivity contribution in [2.24, 2.45) is 0 Å². The summed E-state index contributed by atoms with van der Waals surface area (Å²) in [6.07, 6.45) is 1.99. The highest BCUT2D eigenvalue weighted by atomic mass is 32.2. The van der Waals surface area contributed by atoms with Crippen molar-refractivity contribution in [2.75, 3.05) is 21.9 Å². The summed E-state index contributed by atoms with van der Waals surface area (Å²) in [4.78, 5) is 8.24. The largest absolute Gasteiger partial charge is 0.363 e. The van der Waals surface area contributed by atoms with Crippen molar-refractivity contribution in [3.63, 3.8) is 0 Å². The number of hydrogen-bond donors (Lipinski definition) is 1. The molecule has 1 aliphatic heterocycles. The molecule has 1 fully saturated rings. The molecule has 1 aliphatic rings. The Kier molecular flexibility index (Phi) is 4.43. The zero-order chi connectivity index (χ0) is 19.0. The number of aromatic nitrogens is 2. The van der Waals surface area contributed by atoms with Crippen LogP contribution < -0.4 is 9.62 Å². The standard InChI is InChI=1S/C19H19FN4O2S/c1-13(23-19-16-4-2-5-17(20)18(16)21-12-22-19)14-6-8-15(9-7-14)24-10-3-11-27(24,25)26/h2,4-9,12-13H,3,10-11H2,1H3,(H,21,22,23)/t13-/m0/s1. The predicted molar refractivity (Wildman–Crippen MR) is 104 cm³/mol. The molecular weight excluding hydrogens is 367 g/mol. The molecule has 1 aromatic heterocycles. The normalized spacial score (nSPS) is 17.2. The number of hydrogen-bond acceptors (Lipinski definition) is 5. The van der Waals surface area contributed by atoms with E-state index in [1.165, 1.54) is 16.7 Å². The third-order valence-electron chi connectivity index (χ3n) is 4.75. The zero-order valence-electron chi connectivity index (χ0n) is 14.8. The molecule has 0 spiro atoms. The van der Waals surface area contributed by atoms with E-state index in [0.717, 1.165) is 5.56 Å². The number of nitrogens with zero attached hydrogens (tertiary/aromatic N) is 3. The lowest BCUT2D eigenvalue weighted by Gasteiger charge is -2.19. The van der Waals surface area contributed by atoms with Gasteiger partial charge in [-0.15, -0.1) is 0 Å². The fourth-order valence-corrected chi connectivity index (χ4v) is 4.88. The molecule has 8 heteroatoms. The highest BCUT2D eigenvalue weighted by Crippen LogP contribution is 2.28. The Morgan fingerprint density at radius 1 is 1.15 bits per heavy atom. The number of para-hydroxylation sites is 1. The van der Waals surface area contributed by atoms with E-state index in [1.807, 2.05) is 31.2 Å². The van der Waals surface area contributed by atoms with Crippen LogP contribution in [-0.4, -0.2) is 30.7 Å². The maximum Gasteiger partial charge on any atom is 0.235 e. The molecule has 0 bridgehead atoms. The van der Waals surface area contributed by atoms with Gasteiger partial charge < -0.3 is 5.32 Å². The van der Waals surface area contributed by atoms with Crippen LogP contribution in [0.1, 0.15) is 24.9 Å². The second-order valence-electron chi connectivity index (χ2n) is 6.56. The molecule has 1 N–H and O–H groups in total. The number of benzene rings is 2. The number of fused-ring (bicyclic) bond motifs is 1. The van der Waals surface area contributed by atoms with Crippen LogP contribution >= 0.6 is 0 Å². The quantitative estimate of drug-likeness (QED) is 0.743. The Hall–Kier alpha value is -2.74. The minimum Gasteiger partial charge on any atom is -0.363 e. The van der Waals surface area contributed by atoms with Crippen LogP contribution in [0.2, 0.25) is 0 Å². The van der Waals surface area contributed by atoms with Crippen molar-refractivity contribution >= 4 is 32.4 Å². The van der Waals surface area contributed by atoms with Gasteiger partial charge in [0.25, 0.3) is 0 Å². The molecule has 1 saturated heterocycles.